The first-order valence-electron chi connectivity index (χ1n) is 12.0. The minimum Gasteiger partial charge on any atom is -0.443 e. The van der Waals surface area contributed by atoms with Gasteiger partial charge in [-0.25, -0.2) is 12.7 Å². The molecule has 0 aromatic rings. The number of unbranched alkanes of at least 4 members (excludes halogenated alkanes) is 3. The van der Waals surface area contributed by atoms with Gasteiger partial charge in [-0.2, -0.15) is 0 Å². The van der Waals surface area contributed by atoms with Crippen LogP contribution < -0.4 is 0 Å². The zero-order valence-corrected chi connectivity index (χ0v) is 21.3. The molecule has 0 radical (unpaired) electrons. The van der Waals surface area contributed by atoms with Crippen molar-refractivity contribution in [1.29, 1.82) is 0 Å². The summed E-state index contributed by atoms with van der Waals surface area (Å²) in [7, 11) is -3.84. The highest BCUT2D eigenvalue weighted by molar-refractivity contribution is 7.88. The van der Waals surface area contributed by atoms with Crippen LogP contribution in [0.5, 0.6) is 0 Å². The normalized spacial score (nSPS) is 24.1. The zero-order valence-electron chi connectivity index (χ0n) is 20.5. The maximum Gasteiger partial charge on any atom is 0.304 e. The summed E-state index contributed by atoms with van der Waals surface area (Å²) in [5, 5.41) is 30.8. The standard InChI is InChI=1S/C24H41NO8S/c1-4-5-8-11-19(27)14-15-21-20(22(28)16-23(21)29)12-9-6-7-10-13-24(30)25(34(3,31)32)17-33-18(2)26/h6,9,14-15,19-23,27-29H,4-5,7-8,10-13,16-17H2,1-3H3/b9-6-,15-14+/t19-,20+,21+,22-,23+/m0/s1. The van der Waals surface area contributed by atoms with Gasteiger partial charge >= 0.3 is 5.97 Å². The molecule has 196 valence electrons. The van der Waals surface area contributed by atoms with Crippen molar-refractivity contribution in [2.75, 3.05) is 13.0 Å². The Bertz CT molecular complexity index is 795. The molecule has 1 aliphatic rings. The van der Waals surface area contributed by atoms with E-state index in [1.165, 1.54) is 0 Å². The Labute approximate surface area is 203 Å². The molecule has 0 saturated heterocycles. The highest BCUT2D eigenvalue weighted by atomic mass is 32.2. The molecule has 1 rings (SSSR count). The van der Waals surface area contributed by atoms with Gasteiger partial charge in [-0.05, 0) is 31.6 Å². The Kier molecular flexibility index (Phi) is 13.6. The maximum atomic E-state index is 12.2. The molecule has 1 fully saturated rings. The molecule has 34 heavy (non-hydrogen) atoms. The summed E-state index contributed by atoms with van der Waals surface area (Å²) in [6, 6.07) is 0. The minimum absolute atomic E-state index is 0.0231. The molecule has 0 unspecified atom stereocenters. The topological polar surface area (TPSA) is 141 Å². The van der Waals surface area contributed by atoms with E-state index in [0.29, 0.717) is 30.0 Å². The molecule has 0 bridgehead atoms. The van der Waals surface area contributed by atoms with Crippen molar-refractivity contribution < 1.29 is 38.1 Å². The van der Waals surface area contributed by atoms with Crippen LogP contribution in [-0.2, 0) is 24.3 Å². The van der Waals surface area contributed by atoms with Crippen molar-refractivity contribution in [1.82, 2.24) is 4.31 Å². The largest absolute Gasteiger partial charge is 0.443 e. The number of aliphatic hydroxyl groups is 3. The van der Waals surface area contributed by atoms with E-state index in [1.54, 1.807) is 6.08 Å². The Hall–Kier alpha value is -1.75. The quantitative estimate of drug-likeness (QED) is 0.134. The number of nitrogens with zero attached hydrogens (tertiary/aromatic N) is 1. The fourth-order valence-electron chi connectivity index (χ4n) is 4.03. The van der Waals surface area contributed by atoms with Gasteiger partial charge in [-0.15, -0.1) is 0 Å². The van der Waals surface area contributed by atoms with E-state index in [4.69, 9.17) is 0 Å². The molecular weight excluding hydrogens is 462 g/mol. The average molecular weight is 504 g/mol. The second-order valence-corrected chi connectivity index (χ2v) is 10.8. The summed E-state index contributed by atoms with van der Waals surface area (Å²) in [6.45, 7) is 2.60. The Balaban J connectivity index is 2.52. The van der Waals surface area contributed by atoms with E-state index in [-0.39, 0.29) is 24.7 Å². The molecule has 1 amide bonds. The molecular formula is C24H41NO8S. The molecule has 10 heteroatoms. The number of esters is 1. The predicted octanol–water partition coefficient (Wildman–Crippen LogP) is 2.27. The second-order valence-electron chi connectivity index (χ2n) is 8.93. The Morgan fingerprint density at radius 2 is 1.85 bits per heavy atom. The minimum atomic E-state index is -3.84. The number of amides is 1. The van der Waals surface area contributed by atoms with Crippen LogP contribution in [0.2, 0.25) is 0 Å². The smallest absolute Gasteiger partial charge is 0.304 e. The molecule has 0 aromatic heterocycles. The number of allylic oxidation sites excluding steroid dienone is 2. The van der Waals surface area contributed by atoms with Gasteiger partial charge in [-0.3, -0.25) is 9.59 Å². The van der Waals surface area contributed by atoms with E-state index in [9.17, 15) is 33.3 Å². The second kappa shape index (κ2) is 15.3. The third-order valence-electron chi connectivity index (χ3n) is 5.97. The van der Waals surface area contributed by atoms with Crippen molar-refractivity contribution in [3.8, 4) is 0 Å². The summed E-state index contributed by atoms with van der Waals surface area (Å²) < 4.78 is 28.7. The molecule has 0 aromatic carbocycles. The van der Waals surface area contributed by atoms with E-state index >= 15 is 0 Å². The number of ether oxygens (including phenoxy) is 1. The molecule has 1 aliphatic carbocycles. The van der Waals surface area contributed by atoms with Gasteiger partial charge in [0.25, 0.3) is 0 Å². The monoisotopic (exact) mass is 503 g/mol. The summed E-state index contributed by atoms with van der Waals surface area (Å²) in [5.74, 6) is -1.74. The van der Waals surface area contributed by atoms with E-state index in [0.717, 1.165) is 32.4 Å². The summed E-state index contributed by atoms with van der Waals surface area (Å²) in [4.78, 5) is 23.1. The Morgan fingerprint density at radius 1 is 1.15 bits per heavy atom. The third kappa shape index (κ3) is 11.1. The van der Waals surface area contributed by atoms with Crippen LogP contribution in [0.3, 0.4) is 0 Å². The first-order chi connectivity index (χ1) is 16.0. The van der Waals surface area contributed by atoms with Crippen molar-refractivity contribution in [2.24, 2.45) is 11.8 Å². The lowest BCUT2D eigenvalue weighted by atomic mass is 9.89. The molecule has 0 spiro atoms. The fraction of sp³-hybridized carbons (Fsp3) is 0.750. The molecule has 0 heterocycles. The number of carbonyl (C=O) groups excluding carboxylic acids is 2. The van der Waals surface area contributed by atoms with Crippen LogP contribution in [-0.4, -0.2) is 71.2 Å². The highest BCUT2D eigenvalue weighted by Crippen LogP contribution is 2.36. The average Bonchev–Trinajstić information content (AvgIpc) is 3.00. The molecule has 0 aliphatic heterocycles. The summed E-state index contributed by atoms with van der Waals surface area (Å²) in [5.41, 5.74) is 0. The first kappa shape index (κ1) is 30.3. The van der Waals surface area contributed by atoms with Crippen molar-refractivity contribution >= 4 is 21.9 Å². The fourth-order valence-corrected chi connectivity index (χ4v) is 4.74. The number of carbonyl (C=O) groups is 2. The lowest BCUT2D eigenvalue weighted by Gasteiger charge is -2.20. The Morgan fingerprint density at radius 3 is 2.47 bits per heavy atom. The number of sulfonamides is 1. The number of rotatable bonds is 15. The van der Waals surface area contributed by atoms with Crippen molar-refractivity contribution in [2.45, 2.75) is 89.9 Å². The summed E-state index contributed by atoms with van der Waals surface area (Å²) in [6.07, 6.45) is 11.8. The third-order valence-corrected chi connectivity index (χ3v) is 7.08. The van der Waals surface area contributed by atoms with Gasteiger partial charge in [0.05, 0.1) is 24.6 Å². The van der Waals surface area contributed by atoms with Gasteiger partial charge in [0.15, 0.2) is 6.73 Å². The summed E-state index contributed by atoms with van der Waals surface area (Å²) >= 11 is 0. The number of aliphatic hydroxyl groups excluding tert-OH is 3. The van der Waals surface area contributed by atoms with Gasteiger partial charge < -0.3 is 20.1 Å². The van der Waals surface area contributed by atoms with E-state index < -0.39 is 46.9 Å². The molecule has 5 atom stereocenters. The van der Waals surface area contributed by atoms with Crippen LogP contribution in [0.4, 0.5) is 0 Å². The lowest BCUT2D eigenvalue weighted by molar-refractivity contribution is -0.146. The van der Waals surface area contributed by atoms with Crippen LogP contribution in [0, 0.1) is 11.8 Å². The number of hydrogen-bond acceptors (Lipinski definition) is 8. The van der Waals surface area contributed by atoms with Gasteiger partial charge in [-0.1, -0.05) is 50.5 Å². The van der Waals surface area contributed by atoms with Crippen LogP contribution in [0.25, 0.3) is 0 Å². The van der Waals surface area contributed by atoms with Gasteiger partial charge in [0.1, 0.15) is 0 Å². The van der Waals surface area contributed by atoms with E-state index in [2.05, 4.69) is 11.7 Å². The van der Waals surface area contributed by atoms with Gasteiger partial charge in [0, 0.05) is 25.7 Å². The van der Waals surface area contributed by atoms with Crippen LogP contribution >= 0.6 is 0 Å². The highest BCUT2D eigenvalue weighted by Gasteiger charge is 2.39. The van der Waals surface area contributed by atoms with Gasteiger partial charge in [0.2, 0.25) is 15.9 Å². The van der Waals surface area contributed by atoms with E-state index in [1.807, 2.05) is 18.2 Å². The molecule has 1 saturated carbocycles. The predicted molar refractivity (Wildman–Crippen MR) is 129 cm³/mol. The van der Waals surface area contributed by atoms with Crippen LogP contribution in [0.1, 0.15) is 71.6 Å². The lowest BCUT2D eigenvalue weighted by Crippen LogP contribution is -2.38. The zero-order chi connectivity index (χ0) is 25.7. The van der Waals surface area contributed by atoms with Crippen LogP contribution in [0.15, 0.2) is 24.3 Å². The van der Waals surface area contributed by atoms with Crippen molar-refractivity contribution in [3.63, 3.8) is 0 Å². The maximum absolute atomic E-state index is 12.2. The number of hydrogen-bond donors (Lipinski definition) is 3. The van der Waals surface area contributed by atoms with Crippen molar-refractivity contribution in [3.05, 3.63) is 24.3 Å². The molecule has 3 N–H and O–H groups in total. The SMILES string of the molecule is CCCCC[C@H](O)/C=C/[C@@H]1[C@@H](C/C=C\CCCC(=O)N(COC(C)=O)S(C)(=O)=O)[C@@H](O)C[C@H]1O. The molecule has 9 nitrogen and oxygen atoms in total. The first-order valence-corrected chi connectivity index (χ1v) is 13.8.